The number of fused-ring (bicyclic) bond motifs is 1. The summed E-state index contributed by atoms with van der Waals surface area (Å²) in [6, 6.07) is -1.42. The molecule has 3 aliphatic heterocycles. The van der Waals surface area contributed by atoms with Crippen molar-refractivity contribution >= 4 is 23.8 Å². The van der Waals surface area contributed by atoms with Crippen LogP contribution in [0.3, 0.4) is 0 Å². The zero-order chi connectivity index (χ0) is 37.6. The second kappa shape index (κ2) is 17.5. The van der Waals surface area contributed by atoms with Crippen molar-refractivity contribution in [1.82, 2.24) is 15.1 Å². The number of hydrogen-bond donors (Lipinski definition) is 2. The number of amides is 2. The average molecular weight is 711 g/mol. The minimum atomic E-state index is -1.57. The lowest BCUT2D eigenvalue weighted by molar-refractivity contribution is -0.295. The highest BCUT2D eigenvalue weighted by atomic mass is 16.7. The van der Waals surface area contributed by atoms with Crippen molar-refractivity contribution < 1.29 is 48.0 Å². The average Bonchev–Trinajstić information content (AvgIpc) is 3.33. The Balaban J connectivity index is 2.03. The van der Waals surface area contributed by atoms with Crippen LogP contribution < -0.4 is 5.32 Å². The van der Waals surface area contributed by atoms with Gasteiger partial charge in [-0.3, -0.25) is 19.3 Å². The fourth-order valence-electron chi connectivity index (χ4n) is 7.64. The van der Waals surface area contributed by atoms with Crippen LogP contribution in [0.5, 0.6) is 0 Å². The van der Waals surface area contributed by atoms with Gasteiger partial charge in [0.25, 0.3) is 0 Å². The molecule has 2 amide bonds. The third kappa shape index (κ3) is 9.07. The first kappa shape index (κ1) is 41.4. The number of rotatable bonds is 10. The van der Waals surface area contributed by atoms with Crippen molar-refractivity contribution in [2.75, 3.05) is 40.8 Å². The molecule has 3 saturated heterocycles. The zero-order valence-corrected chi connectivity index (χ0v) is 31.3. The number of aliphatic hydroxyl groups is 1. The summed E-state index contributed by atoms with van der Waals surface area (Å²) in [4.78, 5) is 61.2. The maximum Gasteiger partial charge on any atom is 0.411 e. The molecule has 284 valence electrons. The van der Waals surface area contributed by atoms with E-state index in [-0.39, 0.29) is 44.1 Å². The Morgan fingerprint density at radius 3 is 2.42 bits per heavy atom. The Kier molecular flexibility index (Phi) is 14.5. The van der Waals surface area contributed by atoms with Crippen molar-refractivity contribution in [2.24, 2.45) is 22.9 Å². The SMILES string of the molecule is CC[C@H]1OC(=O)C(C)C(=O)[C@H](C)[C@@H](O[C@@H]2O[C@H](C)CC(N(C)C)[C@H]2O)[C@](C)(OC)C[C@@H](C)CNC(=O)[C@H]2N(CCCCN=[N+]=[N-])C(=O)O[C@]12C. The number of ether oxygens (including phenoxy) is 5. The number of likely N-dealkylation sites (N-methyl/N-ethyl adjacent to an activating group) is 1. The van der Waals surface area contributed by atoms with Gasteiger partial charge in [0, 0.05) is 43.6 Å². The van der Waals surface area contributed by atoms with Gasteiger partial charge in [0.2, 0.25) is 5.91 Å². The third-order valence-corrected chi connectivity index (χ3v) is 10.6. The lowest BCUT2D eigenvalue weighted by atomic mass is 9.78. The molecule has 0 aromatic heterocycles. The van der Waals surface area contributed by atoms with E-state index in [1.54, 1.807) is 27.7 Å². The lowest BCUT2D eigenvalue weighted by Gasteiger charge is -2.46. The number of nitrogens with zero attached hydrogens (tertiary/aromatic N) is 5. The van der Waals surface area contributed by atoms with E-state index < -0.39 is 77.4 Å². The van der Waals surface area contributed by atoms with Crippen molar-refractivity contribution in [1.29, 1.82) is 0 Å². The van der Waals surface area contributed by atoms with E-state index in [1.807, 2.05) is 32.8 Å². The molecule has 0 bridgehead atoms. The van der Waals surface area contributed by atoms with Crippen LogP contribution in [-0.4, -0.2) is 133 Å². The summed E-state index contributed by atoms with van der Waals surface area (Å²) >= 11 is 0. The first-order valence-corrected chi connectivity index (χ1v) is 17.7. The fourth-order valence-corrected chi connectivity index (χ4v) is 7.64. The van der Waals surface area contributed by atoms with Crippen LogP contribution in [0.2, 0.25) is 0 Å². The van der Waals surface area contributed by atoms with Crippen LogP contribution in [0.15, 0.2) is 5.11 Å². The first-order valence-electron chi connectivity index (χ1n) is 17.7. The number of carbonyl (C=O) groups excluding carboxylic acids is 4. The van der Waals surface area contributed by atoms with Gasteiger partial charge in [-0.1, -0.05) is 25.9 Å². The standard InChI is InChI=1S/C34H58N6O10/c1-11-24-34(7)27(40(32(45)50-34)15-13-12-14-37-38-35)29(43)36-18-19(2)17-33(6,46-10)28(21(4)25(41)22(5)30(44)48-24)49-31-26(42)23(39(8)9)16-20(3)47-31/h19-24,26-28,31,42H,11-18H2,1-10H3,(H,36,43)/t19-,20-,21+,22?,23?,24-,26-,27-,28-,31+,33-,34-/m1/s1. The number of cyclic esters (lactones) is 1. The number of hydrogen-bond acceptors (Lipinski definition) is 12. The third-order valence-electron chi connectivity index (χ3n) is 10.6. The predicted molar refractivity (Wildman–Crippen MR) is 182 cm³/mol. The van der Waals surface area contributed by atoms with Gasteiger partial charge in [-0.25, -0.2) is 4.79 Å². The van der Waals surface area contributed by atoms with E-state index in [0.717, 1.165) is 0 Å². The summed E-state index contributed by atoms with van der Waals surface area (Å²) in [5, 5.41) is 17.8. The second-order valence-electron chi connectivity index (χ2n) is 14.8. The smallest absolute Gasteiger partial charge is 0.411 e. The second-order valence-corrected chi connectivity index (χ2v) is 14.8. The van der Waals surface area contributed by atoms with Gasteiger partial charge in [-0.15, -0.1) is 0 Å². The maximum absolute atomic E-state index is 14.2. The molecule has 2 unspecified atom stereocenters. The number of carbonyl (C=O) groups is 4. The molecule has 0 aromatic rings. The highest BCUT2D eigenvalue weighted by Crippen LogP contribution is 2.39. The van der Waals surface area contributed by atoms with E-state index in [2.05, 4.69) is 15.3 Å². The van der Waals surface area contributed by atoms with E-state index in [4.69, 9.17) is 29.2 Å². The highest BCUT2D eigenvalue weighted by Gasteiger charge is 2.60. The normalized spacial score (nSPS) is 39.1. The van der Waals surface area contributed by atoms with Crippen LogP contribution in [0.1, 0.15) is 80.6 Å². The summed E-state index contributed by atoms with van der Waals surface area (Å²) < 4.78 is 30.5. The van der Waals surface area contributed by atoms with Gasteiger partial charge in [-0.05, 0) is 85.3 Å². The molecule has 0 spiro atoms. The number of aliphatic hydroxyl groups excluding tert-OH is 1. The molecule has 3 aliphatic rings. The molecular formula is C34H58N6O10. The van der Waals surface area contributed by atoms with Crippen LogP contribution in [0, 0.1) is 17.8 Å². The Labute approximate surface area is 295 Å². The van der Waals surface area contributed by atoms with Crippen molar-refractivity contribution in [3.05, 3.63) is 10.4 Å². The Morgan fingerprint density at radius 1 is 1.14 bits per heavy atom. The van der Waals surface area contributed by atoms with Crippen molar-refractivity contribution in [3.63, 3.8) is 0 Å². The van der Waals surface area contributed by atoms with E-state index >= 15 is 0 Å². The molecule has 2 N–H and O–H groups in total. The molecule has 0 aliphatic carbocycles. The molecule has 50 heavy (non-hydrogen) atoms. The largest absolute Gasteiger partial charge is 0.457 e. The number of methoxy groups -OCH3 is 1. The van der Waals surface area contributed by atoms with Crippen molar-refractivity contribution in [2.45, 2.75) is 135 Å². The number of Topliss-reactive ketones (excluding diaryl/α,β-unsaturated/α-hetero) is 1. The van der Waals surface area contributed by atoms with Crippen LogP contribution in [-0.2, 0) is 38.1 Å². The molecular weight excluding hydrogens is 652 g/mol. The summed E-state index contributed by atoms with van der Waals surface area (Å²) in [7, 11) is 5.24. The topological polar surface area (TPSA) is 202 Å². The van der Waals surface area contributed by atoms with Gasteiger partial charge in [0.05, 0.1) is 17.8 Å². The van der Waals surface area contributed by atoms with Gasteiger partial charge >= 0.3 is 12.1 Å². The van der Waals surface area contributed by atoms with Gasteiger partial charge in [0.1, 0.15) is 18.1 Å². The van der Waals surface area contributed by atoms with Crippen LogP contribution in [0.25, 0.3) is 10.4 Å². The minimum absolute atomic E-state index is 0.142. The number of azide groups is 1. The molecule has 16 heteroatoms. The molecule has 3 fully saturated rings. The summed E-state index contributed by atoms with van der Waals surface area (Å²) in [5.74, 6) is -4.21. The quantitative estimate of drug-likeness (QED) is 0.0842. The van der Waals surface area contributed by atoms with Crippen molar-refractivity contribution in [3.8, 4) is 0 Å². The zero-order valence-electron chi connectivity index (χ0n) is 31.3. The molecule has 3 rings (SSSR count). The predicted octanol–water partition coefficient (Wildman–Crippen LogP) is 3.19. The molecule has 0 radical (unpaired) electrons. The molecule has 0 saturated carbocycles. The number of ketones is 1. The molecule has 0 aromatic carbocycles. The number of nitrogens with one attached hydrogen (secondary N) is 1. The number of unbranched alkanes of at least 4 members (excludes halogenated alkanes) is 1. The minimum Gasteiger partial charge on any atom is -0.457 e. The lowest BCUT2D eigenvalue weighted by Crippen LogP contribution is -2.59. The van der Waals surface area contributed by atoms with E-state index in [0.29, 0.717) is 25.7 Å². The fraction of sp³-hybridized carbons (Fsp3) is 0.882. The van der Waals surface area contributed by atoms with Crippen LogP contribution >= 0.6 is 0 Å². The highest BCUT2D eigenvalue weighted by molar-refractivity contribution is 6.00. The maximum atomic E-state index is 14.2. The van der Waals surface area contributed by atoms with E-state index in [9.17, 15) is 24.3 Å². The summed E-state index contributed by atoms with van der Waals surface area (Å²) in [6.45, 7) is 12.6. The molecule has 16 nitrogen and oxygen atoms in total. The van der Waals surface area contributed by atoms with Gasteiger partial charge in [0.15, 0.2) is 23.7 Å². The molecule has 3 heterocycles. The monoisotopic (exact) mass is 710 g/mol. The van der Waals surface area contributed by atoms with E-state index in [1.165, 1.54) is 18.9 Å². The summed E-state index contributed by atoms with van der Waals surface area (Å²) in [6.07, 6.45) is -3.15. The van der Waals surface area contributed by atoms with Gasteiger partial charge in [-0.2, -0.15) is 0 Å². The summed E-state index contributed by atoms with van der Waals surface area (Å²) in [5.41, 5.74) is 5.88. The Morgan fingerprint density at radius 2 is 1.82 bits per heavy atom. The Hall–Kier alpha value is -3.01. The van der Waals surface area contributed by atoms with Gasteiger partial charge < -0.3 is 39.0 Å². The number of esters is 1. The molecule has 12 atom stereocenters. The van der Waals surface area contributed by atoms with Crippen LogP contribution in [0.4, 0.5) is 4.79 Å². The first-order chi connectivity index (χ1) is 23.4. The Bertz CT molecular complexity index is 1260.